The minimum atomic E-state index is -0.351. The summed E-state index contributed by atoms with van der Waals surface area (Å²) in [4.78, 5) is 17.1. The molecule has 0 spiro atoms. The summed E-state index contributed by atoms with van der Waals surface area (Å²) in [6.45, 7) is 0.220. The van der Waals surface area contributed by atoms with E-state index >= 15 is 0 Å². The van der Waals surface area contributed by atoms with Gasteiger partial charge in [0.15, 0.2) is 0 Å². The van der Waals surface area contributed by atoms with Crippen LogP contribution in [-0.4, -0.2) is 16.7 Å². The molecule has 0 unspecified atom stereocenters. The Hall–Kier alpha value is -3.88. The highest BCUT2D eigenvalue weighted by Crippen LogP contribution is 2.34. The number of hydrogen-bond donors (Lipinski definition) is 0. The number of nitrogens with zero attached hydrogens (tertiary/aromatic N) is 2. The zero-order valence-electron chi connectivity index (χ0n) is 17.3. The number of carbonyl (C=O) groups excluding carboxylic acids is 1. The fourth-order valence-corrected chi connectivity index (χ4v) is 4.04. The third-order valence-electron chi connectivity index (χ3n) is 4.82. The molecule has 1 heterocycles. The lowest BCUT2D eigenvalue weighted by Gasteiger charge is -2.12. The molecule has 0 radical (unpaired) electrons. The monoisotopic (exact) mass is 436 g/mol. The molecule has 0 atom stereocenters. The summed E-state index contributed by atoms with van der Waals surface area (Å²) < 4.78 is 5.38. The van der Waals surface area contributed by atoms with Crippen molar-refractivity contribution in [1.29, 1.82) is 5.26 Å². The molecule has 4 aromatic rings. The lowest BCUT2D eigenvalue weighted by molar-refractivity contribution is -0.141. The van der Waals surface area contributed by atoms with E-state index in [1.807, 2.05) is 97.1 Å². The highest BCUT2D eigenvalue weighted by Gasteiger charge is 2.17. The van der Waals surface area contributed by atoms with Gasteiger partial charge in [0.2, 0.25) is 0 Å². The number of carbonyl (C=O) groups is 1. The molecule has 0 aliphatic rings. The second-order valence-corrected chi connectivity index (χ2v) is 7.98. The molecule has 0 fully saturated rings. The van der Waals surface area contributed by atoms with E-state index in [4.69, 9.17) is 9.72 Å². The van der Waals surface area contributed by atoms with Gasteiger partial charge < -0.3 is 4.74 Å². The smallest absolute Gasteiger partial charge is 0.316 e. The van der Waals surface area contributed by atoms with E-state index in [1.165, 1.54) is 11.8 Å². The average molecular weight is 437 g/mol. The van der Waals surface area contributed by atoms with E-state index in [-0.39, 0.29) is 18.3 Å². The Morgan fingerprint density at radius 2 is 1.47 bits per heavy atom. The van der Waals surface area contributed by atoms with Crippen LogP contribution in [0.15, 0.2) is 102 Å². The van der Waals surface area contributed by atoms with E-state index < -0.39 is 0 Å². The molecule has 0 amide bonds. The first kappa shape index (κ1) is 21.4. The first-order chi connectivity index (χ1) is 15.7. The second kappa shape index (κ2) is 10.4. The van der Waals surface area contributed by atoms with E-state index in [1.54, 1.807) is 0 Å². The SMILES string of the molecule is N#Cc1c(-c2ccccc2)cc(-c2ccccc2)nc1SCC(=O)OCc1ccccc1. The van der Waals surface area contributed by atoms with Gasteiger partial charge in [-0.05, 0) is 17.2 Å². The number of aromatic nitrogens is 1. The van der Waals surface area contributed by atoms with Crippen molar-refractivity contribution in [3.05, 3.63) is 108 Å². The predicted octanol–water partition coefficient (Wildman–Crippen LogP) is 6.12. The Balaban J connectivity index is 1.61. The summed E-state index contributed by atoms with van der Waals surface area (Å²) in [7, 11) is 0. The van der Waals surface area contributed by atoms with Crippen molar-refractivity contribution >= 4 is 17.7 Å². The topological polar surface area (TPSA) is 63.0 Å². The van der Waals surface area contributed by atoms with Crippen LogP contribution in [0.4, 0.5) is 0 Å². The van der Waals surface area contributed by atoms with E-state index in [2.05, 4.69) is 6.07 Å². The van der Waals surface area contributed by atoms with Gasteiger partial charge in [-0.2, -0.15) is 5.26 Å². The van der Waals surface area contributed by atoms with Crippen LogP contribution < -0.4 is 0 Å². The number of thioether (sulfide) groups is 1. The fraction of sp³-hybridized carbons (Fsp3) is 0.0741. The molecule has 5 heteroatoms. The normalized spacial score (nSPS) is 10.3. The molecule has 4 rings (SSSR count). The Labute approximate surface area is 191 Å². The van der Waals surface area contributed by atoms with E-state index in [0.29, 0.717) is 10.6 Å². The molecular weight excluding hydrogens is 416 g/mol. The van der Waals surface area contributed by atoms with Crippen molar-refractivity contribution in [3.63, 3.8) is 0 Å². The third kappa shape index (κ3) is 5.23. The maximum Gasteiger partial charge on any atom is 0.316 e. The van der Waals surface area contributed by atoms with E-state index in [0.717, 1.165) is 27.9 Å². The van der Waals surface area contributed by atoms with Gasteiger partial charge in [-0.3, -0.25) is 4.79 Å². The van der Waals surface area contributed by atoms with Crippen LogP contribution >= 0.6 is 11.8 Å². The Bertz CT molecular complexity index is 1240. The molecule has 0 saturated heterocycles. The zero-order valence-corrected chi connectivity index (χ0v) is 18.1. The molecule has 3 aromatic carbocycles. The quantitative estimate of drug-likeness (QED) is 0.258. The van der Waals surface area contributed by atoms with Crippen molar-refractivity contribution in [3.8, 4) is 28.5 Å². The summed E-state index contributed by atoms with van der Waals surface area (Å²) >= 11 is 1.22. The molecule has 32 heavy (non-hydrogen) atoms. The highest BCUT2D eigenvalue weighted by atomic mass is 32.2. The summed E-state index contributed by atoms with van der Waals surface area (Å²) in [5.74, 6) is -0.281. The molecule has 156 valence electrons. The standard InChI is InChI=1S/C27H20N2O2S/c28-17-24-23(21-12-6-2-7-13-21)16-25(22-14-8-3-9-15-22)29-27(24)32-19-26(30)31-18-20-10-4-1-5-11-20/h1-16H,18-19H2. The second-order valence-electron chi connectivity index (χ2n) is 7.01. The molecule has 1 aromatic heterocycles. The van der Waals surface area contributed by atoms with Crippen LogP contribution in [-0.2, 0) is 16.1 Å². The summed E-state index contributed by atoms with van der Waals surface area (Å²) in [6, 6.07) is 33.3. The van der Waals surface area contributed by atoms with Crippen LogP contribution in [0.25, 0.3) is 22.4 Å². The minimum absolute atomic E-state index is 0.0704. The van der Waals surface area contributed by atoms with Crippen molar-refractivity contribution in [2.24, 2.45) is 0 Å². The summed E-state index contributed by atoms with van der Waals surface area (Å²) in [6.07, 6.45) is 0. The van der Waals surface area contributed by atoms with Crippen LogP contribution in [0.1, 0.15) is 11.1 Å². The molecule has 0 aliphatic carbocycles. The molecule has 0 bridgehead atoms. The largest absolute Gasteiger partial charge is 0.460 e. The van der Waals surface area contributed by atoms with Gasteiger partial charge in [-0.15, -0.1) is 0 Å². The number of benzene rings is 3. The number of rotatable bonds is 7. The lowest BCUT2D eigenvalue weighted by Crippen LogP contribution is -2.08. The number of ether oxygens (including phenoxy) is 1. The number of hydrogen-bond acceptors (Lipinski definition) is 5. The maximum absolute atomic E-state index is 12.3. The number of pyridine rings is 1. The fourth-order valence-electron chi connectivity index (χ4n) is 3.24. The number of nitriles is 1. The third-order valence-corrected chi connectivity index (χ3v) is 5.77. The minimum Gasteiger partial charge on any atom is -0.460 e. The Kier molecular flexibility index (Phi) is 6.96. The van der Waals surface area contributed by atoms with Gasteiger partial charge in [-0.25, -0.2) is 4.98 Å². The van der Waals surface area contributed by atoms with Crippen LogP contribution in [0.5, 0.6) is 0 Å². The van der Waals surface area contributed by atoms with Gasteiger partial charge in [-0.1, -0.05) is 103 Å². The van der Waals surface area contributed by atoms with Gasteiger partial charge in [0.1, 0.15) is 17.7 Å². The zero-order chi connectivity index (χ0) is 22.2. The summed E-state index contributed by atoms with van der Waals surface area (Å²) in [5.41, 5.74) is 4.81. The van der Waals surface area contributed by atoms with E-state index in [9.17, 15) is 10.1 Å². The Morgan fingerprint density at radius 3 is 2.09 bits per heavy atom. The molecule has 0 N–H and O–H groups in total. The number of esters is 1. The first-order valence-corrected chi connectivity index (χ1v) is 11.1. The molecule has 0 aliphatic heterocycles. The molecule has 4 nitrogen and oxygen atoms in total. The summed E-state index contributed by atoms with van der Waals surface area (Å²) in [5, 5.41) is 10.4. The molecule has 0 saturated carbocycles. The average Bonchev–Trinajstić information content (AvgIpc) is 2.87. The van der Waals surface area contributed by atoms with Crippen molar-refractivity contribution < 1.29 is 9.53 Å². The van der Waals surface area contributed by atoms with Gasteiger partial charge in [0.25, 0.3) is 0 Å². The van der Waals surface area contributed by atoms with Crippen LogP contribution in [0.3, 0.4) is 0 Å². The Morgan fingerprint density at radius 1 is 0.875 bits per heavy atom. The van der Waals surface area contributed by atoms with Crippen LogP contribution in [0, 0.1) is 11.3 Å². The highest BCUT2D eigenvalue weighted by molar-refractivity contribution is 7.99. The van der Waals surface area contributed by atoms with Crippen molar-refractivity contribution in [2.45, 2.75) is 11.6 Å². The first-order valence-electron chi connectivity index (χ1n) is 10.1. The van der Waals surface area contributed by atoms with Crippen LogP contribution in [0.2, 0.25) is 0 Å². The van der Waals surface area contributed by atoms with Gasteiger partial charge >= 0.3 is 5.97 Å². The van der Waals surface area contributed by atoms with Crippen molar-refractivity contribution in [2.75, 3.05) is 5.75 Å². The molecular formula is C27H20N2O2S. The van der Waals surface area contributed by atoms with Gasteiger partial charge in [0.05, 0.1) is 17.0 Å². The van der Waals surface area contributed by atoms with Gasteiger partial charge in [0, 0.05) is 11.1 Å². The lowest BCUT2D eigenvalue weighted by atomic mass is 9.99. The maximum atomic E-state index is 12.3. The predicted molar refractivity (Wildman–Crippen MR) is 127 cm³/mol. The van der Waals surface area contributed by atoms with Crippen molar-refractivity contribution in [1.82, 2.24) is 4.98 Å².